The summed E-state index contributed by atoms with van der Waals surface area (Å²) >= 11 is 0. The zero-order valence-electron chi connectivity index (χ0n) is 12.3. The summed E-state index contributed by atoms with van der Waals surface area (Å²) in [5.41, 5.74) is 1.07. The zero-order chi connectivity index (χ0) is 15.5. The van der Waals surface area contributed by atoms with Crippen molar-refractivity contribution in [3.8, 4) is 6.07 Å². The molecule has 1 aromatic rings. The van der Waals surface area contributed by atoms with E-state index in [9.17, 15) is 14.9 Å². The SMILES string of the molecule is N#Cc1ccccc1N1CC(C(=O)N2CCNCC2)CC1=O. The number of nitrogens with one attached hydrogen (secondary N) is 1. The Hall–Kier alpha value is -2.39. The fourth-order valence-corrected chi connectivity index (χ4v) is 3.05. The molecule has 0 aromatic heterocycles. The van der Waals surface area contributed by atoms with Gasteiger partial charge in [-0.1, -0.05) is 12.1 Å². The summed E-state index contributed by atoms with van der Waals surface area (Å²) in [7, 11) is 0. The Morgan fingerprint density at radius 1 is 1.27 bits per heavy atom. The molecule has 1 N–H and O–H groups in total. The maximum absolute atomic E-state index is 12.5. The molecule has 3 rings (SSSR count). The number of benzene rings is 1. The van der Waals surface area contributed by atoms with Gasteiger partial charge in [0.05, 0.1) is 17.2 Å². The fraction of sp³-hybridized carbons (Fsp3) is 0.438. The Balaban J connectivity index is 1.76. The number of nitrogens with zero attached hydrogens (tertiary/aromatic N) is 3. The van der Waals surface area contributed by atoms with Crippen molar-refractivity contribution in [3.63, 3.8) is 0 Å². The first-order valence-corrected chi connectivity index (χ1v) is 7.49. The molecule has 0 spiro atoms. The lowest BCUT2D eigenvalue weighted by molar-refractivity contribution is -0.136. The summed E-state index contributed by atoms with van der Waals surface area (Å²) in [6.45, 7) is 3.34. The molecule has 22 heavy (non-hydrogen) atoms. The number of nitriles is 1. The number of amides is 2. The molecule has 2 saturated heterocycles. The molecule has 2 amide bonds. The number of hydrogen-bond acceptors (Lipinski definition) is 4. The van der Waals surface area contributed by atoms with E-state index in [4.69, 9.17) is 0 Å². The molecule has 1 unspecified atom stereocenters. The third-order valence-corrected chi connectivity index (χ3v) is 4.22. The second-order valence-corrected chi connectivity index (χ2v) is 5.61. The molecule has 6 heteroatoms. The molecule has 0 saturated carbocycles. The van der Waals surface area contributed by atoms with E-state index in [1.807, 2.05) is 4.90 Å². The predicted molar refractivity (Wildman–Crippen MR) is 81.1 cm³/mol. The smallest absolute Gasteiger partial charge is 0.228 e. The van der Waals surface area contributed by atoms with Gasteiger partial charge in [-0.3, -0.25) is 9.59 Å². The minimum Gasteiger partial charge on any atom is -0.340 e. The third-order valence-electron chi connectivity index (χ3n) is 4.22. The van der Waals surface area contributed by atoms with Crippen LogP contribution in [0.1, 0.15) is 12.0 Å². The normalized spacial score (nSPS) is 21.8. The van der Waals surface area contributed by atoms with Gasteiger partial charge in [0.25, 0.3) is 0 Å². The van der Waals surface area contributed by atoms with Crippen LogP contribution in [0.5, 0.6) is 0 Å². The Morgan fingerprint density at radius 2 is 2.00 bits per heavy atom. The molecule has 2 aliphatic heterocycles. The molecule has 0 aliphatic carbocycles. The minimum atomic E-state index is -0.308. The van der Waals surface area contributed by atoms with Gasteiger partial charge in [0.1, 0.15) is 6.07 Å². The van der Waals surface area contributed by atoms with E-state index >= 15 is 0 Å². The minimum absolute atomic E-state index is 0.0480. The van der Waals surface area contributed by atoms with E-state index in [-0.39, 0.29) is 24.2 Å². The van der Waals surface area contributed by atoms with Gasteiger partial charge in [-0.15, -0.1) is 0 Å². The van der Waals surface area contributed by atoms with Crippen molar-refractivity contribution in [1.82, 2.24) is 10.2 Å². The lowest BCUT2D eigenvalue weighted by Gasteiger charge is -2.29. The monoisotopic (exact) mass is 298 g/mol. The summed E-state index contributed by atoms with van der Waals surface area (Å²) in [5, 5.41) is 12.4. The van der Waals surface area contributed by atoms with Crippen LogP contribution in [0.15, 0.2) is 24.3 Å². The highest BCUT2D eigenvalue weighted by molar-refractivity contribution is 6.01. The Morgan fingerprint density at radius 3 is 2.73 bits per heavy atom. The number of hydrogen-bond donors (Lipinski definition) is 1. The van der Waals surface area contributed by atoms with Crippen LogP contribution in [0.3, 0.4) is 0 Å². The van der Waals surface area contributed by atoms with Crippen molar-refractivity contribution >= 4 is 17.5 Å². The second kappa shape index (κ2) is 6.16. The highest BCUT2D eigenvalue weighted by Crippen LogP contribution is 2.28. The van der Waals surface area contributed by atoms with Gasteiger partial charge in [0.2, 0.25) is 11.8 Å². The van der Waals surface area contributed by atoms with Crippen LogP contribution < -0.4 is 10.2 Å². The lowest BCUT2D eigenvalue weighted by Crippen LogP contribution is -2.48. The molecular weight excluding hydrogens is 280 g/mol. The molecule has 2 fully saturated rings. The topological polar surface area (TPSA) is 76.4 Å². The van der Waals surface area contributed by atoms with Gasteiger partial charge in [-0.05, 0) is 12.1 Å². The van der Waals surface area contributed by atoms with E-state index in [0.29, 0.717) is 30.9 Å². The average Bonchev–Trinajstić information content (AvgIpc) is 2.96. The van der Waals surface area contributed by atoms with E-state index < -0.39 is 0 Å². The lowest BCUT2D eigenvalue weighted by atomic mass is 10.1. The number of carbonyl (C=O) groups is 2. The predicted octanol–water partition coefficient (Wildman–Crippen LogP) is 0.343. The maximum atomic E-state index is 12.5. The van der Waals surface area contributed by atoms with E-state index in [1.54, 1.807) is 29.2 Å². The van der Waals surface area contributed by atoms with Gasteiger partial charge in [0, 0.05) is 39.1 Å². The van der Waals surface area contributed by atoms with Crippen molar-refractivity contribution in [1.29, 1.82) is 5.26 Å². The van der Waals surface area contributed by atoms with Gasteiger partial charge in [0.15, 0.2) is 0 Å². The van der Waals surface area contributed by atoms with Crippen molar-refractivity contribution in [3.05, 3.63) is 29.8 Å². The van der Waals surface area contributed by atoms with Gasteiger partial charge in [-0.25, -0.2) is 0 Å². The molecule has 114 valence electrons. The van der Waals surface area contributed by atoms with Crippen molar-refractivity contribution in [2.45, 2.75) is 6.42 Å². The molecule has 1 atom stereocenters. The largest absolute Gasteiger partial charge is 0.340 e. The Kier molecular flexibility index (Phi) is 4.07. The summed E-state index contributed by atoms with van der Waals surface area (Å²) in [6.07, 6.45) is 0.225. The van der Waals surface area contributed by atoms with Crippen LogP contribution >= 0.6 is 0 Å². The summed E-state index contributed by atoms with van der Waals surface area (Å²) in [4.78, 5) is 28.2. The maximum Gasteiger partial charge on any atom is 0.228 e. The van der Waals surface area contributed by atoms with Gasteiger partial charge >= 0.3 is 0 Å². The van der Waals surface area contributed by atoms with Gasteiger partial charge in [-0.2, -0.15) is 5.26 Å². The van der Waals surface area contributed by atoms with Gasteiger partial charge < -0.3 is 15.1 Å². The van der Waals surface area contributed by atoms with Crippen molar-refractivity contribution in [2.75, 3.05) is 37.6 Å². The van der Waals surface area contributed by atoms with Crippen LogP contribution in [0.2, 0.25) is 0 Å². The number of piperazine rings is 1. The fourth-order valence-electron chi connectivity index (χ4n) is 3.05. The number of carbonyl (C=O) groups excluding carboxylic acids is 2. The standard InChI is InChI=1S/C16H18N4O2/c17-10-12-3-1-2-4-14(12)20-11-13(9-15(20)21)16(22)19-7-5-18-6-8-19/h1-4,13,18H,5-9,11H2. The molecule has 6 nitrogen and oxygen atoms in total. The first-order chi connectivity index (χ1) is 10.7. The number of para-hydroxylation sites is 1. The summed E-state index contributed by atoms with van der Waals surface area (Å²) in [6, 6.07) is 9.12. The van der Waals surface area contributed by atoms with E-state index in [0.717, 1.165) is 13.1 Å². The first-order valence-electron chi connectivity index (χ1n) is 7.49. The van der Waals surface area contributed by atoms with Crippen molar-refractivity contribution in [2.24, 2.45) is 5.92 Å². The molecule has 0 bridgehead atoms. The van der Waals surface area contributed by atoms with Crippen LogP contribution in [0, 0.1) is 17.2 Å². The van der Waals surface area contributed by atoms with E-state index in [2.05, 4.69) is 11.4 Å². The Labute approximate surface area is 129 Å². The van der Waals surface area contributed by atoms with Crippen LogP contribution in [0.4, 0.5) is 5.69 Å². The van der Waals surface area contributed by atoms with Crippen LogP contribution in [0.25, 0.3) is 0 Å². The van der Waals surface area contributed by atoms with E-state index in [1.165, 1.54) is 0 Å². The molecular formula is C16H18N4O2. The molecule has 1 aromatic carbocycles. The van der Waals surface area contributed by atoms with Crippen molar-refractivity contribution < 1.29 is 9.59 Å². The number of anilines is 1. The Bertz CT molecular complexity index is 631. The quantitative estimate of drug-likeness (QED) is 0.854. The zero-order valence-corrected chi connectivity index (χ0v) is 12.3. The molecule has 0 radical (unpaired) electrons. The highest BCUT2D eigenvalue weighted by atomic mass is 16.2. The highest BCUT2D eigenvalue weighted by Gasteiger charge is 2.38. The molecule has 2 aliphatic rings. The first kappa shape index (κ1) is 14.5. The average molecular weight is 298 g/mol. The molecule has 2 heterocycles. The number of rotatable bonds is 2. The summed E-state index contributed by atoms with van der Waals surface area (Å²) < 4.78 is 0. The summed E-state index contributed by atoms with van der Waals surface area (Å²) in [5.74, 6) is -0.347. The second-order valence-electron chi connectivity index (χ2n) is 5.61. The third kappa shape index (κ3) is 2.68. The van der Waals surface area contributed by atoms with Crippen LogP contribution in [-0.4, -0.2) is 49.4 Å². The van der Waals surface area contributed by atoms with Crippen LogP contribution in [-0.2, 0) is 9.59 Å².